The fourth-order valence-corrected chi connectivity index (χ4v) is 2.86. The number of hydrogen-bond donors (Lipinski definition) is 1. The zero-order valence-corrected chi connectivity index (χ0v) is 11.4. The molecule has 2 aromatic rings. The van der Waals surface area contributed by atoms with Crippen molar-refractivity contribution >= 4 is 23.1 Å². The number of amides is 1. The number of carbonyl (C=O) groups is 1. The average molecular weight is 274 g/mol. The van der Waals surface area contributed by atoms with Crippen LogP contribution in [0.15, 0.2) is 30.7 Å². The Kier molecular flexibility index (Phi) is 3.16. The Balaban J connectivity index is 1.54. The number of nitrogens with zero attached hydrogens (tertiary/aromatic N) is 3. The zero-order valence-electron chi connectivity index (χ0n) is 10.5. The van der Waals surface area contributed by atoms with Gasteiger partial charge in [-0.3, -0.25) is 9.78 Å². The molecule has 1 fully saturated rings. The van der Waals surface area contributed by atoms with Crippen molar-refractivity contribution in [2.45, 2.75) is 13.0 Å². The third-order valence-electron chi connectivity index (χ3n) is 3.04. The van der Waals surface area contributed by atoms with Crippen LogP contribution in [0, 0.1) is 6.92 Å². The molecular weight excluding hydrogens is 260 g/mol. The van der Waals surface area contributed by atoms with Gasteiger partial charge in [-0.05, 0) is 19.1 Å². The number of aromatic nitrogens is 2. The smallest absolute Gasteiger partial charge is 0.264 e. The van der Waals surface area contributed by atoms with Crippen molar-refractivity contribution in [3.63, 3.8) is 0 Å². The van der Waals surface area contributed by atoms with Gasteiger partial charge in [0.05, 0.1) is 17.1 Å². The van der Waals surface area contributed by atoms with Gasteiger partial charge in [0.25, 0.3) is 5.91 Å². The monoisotopic (exact) mass is 274 g/mol. The number of anilines is 1. The van der Waals surface area contributed by atoms with E-state index in [-0.39, 0.29) is 11.9 Å². The number of rotatable bonds is 3. The lowest BCUT2D eigenvalue weighted by molar-refractivity contribution is 0.0630. The summed E-state index contributed by atoms with van der Waals surface area (Å²) in [7, 11) is 0. The van der Waals surface area contributed by atoms with Gasteiger partial charge < -0.3 is 10.2 Å². The molecule has 1 saturated heterocycles. The lowest BCUT2D eigenvalue weighted by Gasteiger charge is -2.39. The van der Waals surface area contributed by atoms with E-state index in [1.54, 1.807) is 29.9 Å². The van der Waals surface area contributed by atoms with Crippen LogP contribution in [0.25, 0.3) is 0 Å². The second kappa shape index (κ2) is 4.97. The zero-order chi connectivity index (χ0) is 13.2. The van der Waals surface area contributed by atoms with Gasteiger partial charge in [-0.15, -0.1) is 11.3 Å². The number of nitrogens with one attached hydrogen (secondary N) is 1. The normalized spacial score (nSPS) is 15.1. The Morgan fingerprint density at radius 1 is 1.42 bits per heavy atom. The third-order valence-corrected chi connectivity index (χ3v) is 4.02. The fraction of sp³-hybridized carbons (Fsp3) is 0.308. The minimum absolute atomic E-state index is 0.121. The van der Waals surface area contributed by atoms with Crippen LogP contribution in [0.4, 0.5) is 5.82 Å². The molecule has 3 rings (SSSR count). The average Bonchev–Trinajstić information content (AvgIpc) is 2.80. The molecule has 0 unspecified atom stereocenters. The van der Waals surface area contributed by atoms with Crippen molar-refractivity contribution in [1.82, 2.24) is 14.9 Å². The fourth-order valence-electron chi connectivity index (χ4n) is 2.02. The van der Waals surface area contributed by atoms with Crippen molar-refractivity contribution in [3.05, 3.63) is 40.5 Å². The Labute approximate surface area is 115 Å². The minimum Gasteiger partial charge on any atom is -0.362 e. The largest absolute Gasteiger partial charge is 0.362 e. The lowest BCUT2D eigenvalue weighted by Crippen LogP contribution is -2.56. The first-order chi connectivity index (χ1) is 9.22. The van der Waals surface area contributed by atoms with Crippen LogP contribution in [0.5, 0.6) is 0 Å². The van der Waals surface area contributed by atoms with Crippen molar-refractivity contribution in [2.75, 3.05) is 18.4 Å². The van der Waals surface area contributed by atoms with Crippen LogP contribution >= 0.6 is 11.3 Å². The molecule has 1 aliphatic rings. The van der Waals surface area contributed by atoms with Gasteiger partial charge in [0.15, 0.2) is 0 Å². The highest BCUT2D eigenvalue weighted by atomic mass is 32.1. The number of carbonyl (C=O) groups excluding carboxylic acids is 1. The molecule has 0 radical (unpaired) electrons. The molecule has 1 N–H and O–H groups in total. The van der Waals surface area contributed by atoms with Crippen molar-refractivity contribution in [2.24, 2.45) is 0 Å². The highest BCUT2D eigenvalue weighted by Crippen LogP contribution is 2.21. The second-order valence-electron chi connectivity index (χ2n) is 4.55. The molecule has 6 heteroatoms. The van der Waals surface area contributed by atoms with E-state index >= 15 is 0 Å². The SMILES string of the molecule is Cc1ccc(C(=O)N2CC(Nc3cnccn3)C2)s1. The third kappa shape index (κ3) is 2.58. The molecule has 5 nitrogen and oxygen atoms in total. The highest BCUT2D eigenvalue weighted by molar-refractivity contribution is 7.13. The van der Waals surface area contributed by atoms with E-state index in [0.29, 0.717) is 13.1 Å². The summed E-state index contributed by atoms with van der Waals surface area (Å²) in [4.78, 5) is 24.1. The van der Waals surface area contributed by atoms with Crippen molar-refractivity contribution < 1.29 is 4.79 Å². The van der Waals surface area contributed by atoms with Crippen molar-refractivity contribution in [3.8, 4) is 0 Å². The van der Waals surface area contributed by atoms with Crippen molar-refractivity contribution in [1.29, 1.82) is 0 Å². The minimum atomic E-state index is 0.121. The van der Waals surface area contributed by atoms with E-state index < -0.39 is 0 Å². The molecule has 1 amide bonds. The summed E-state index contributed by atoms with van der Waals surface area (Å²) >= 11 is 1.54. The van der Waals surface area contributed by atoms with Crippen LogP contribution in [0.1, 0.15) is 14.5 Å². The van der Waals surface area contributed by atoms with Crippen LogP contribution < -0.4 is 5.32 Å². The molecule has 0 aliphatic carbocycles. The van der Waals surface area contributed by atoms with Gasteiger partial charge in [0, 0.05) is 30.4 Å². The summed E-state index contributed by atoms with van der Waals surface area (Å²) in [6.07, 6.45) is 4.98. The first-order valence-electron chi connectivity index (χ1n) is 6.10. The molecule has 2 aromatic heterocycles. The molecule has 98 valence electrons. The first-order valence-corrected chi connectivity index (χ1v) is 6.92. The van der Waals surface area contributed by atoms with E-state index in [0.717, 1.165) is 15.6 Å². The second-order valence-corrected chi connectivity index (χ2v) is 5.84. The standard InChI is InChI=1S/C13H14N4OS/c1-9-2-3-11(19-9)13(18)17-7-10(8-17)16-12-6-14-4-5-15-12/h2-6,10H,7-8H2,1H3,(H,15,16). The number of likely N-dealkylation sites (tertiary alicyclic amines) is 1. The number of aryl methyl sites for hydroxylation is 1. The maximum atomic E-state index is 12.1. The summed E-state index contributed by atoms with van der Waals surface area (Å²) in [5.74, 6) is 0.877. The molecule has 1 aliphatic heterocycles. The summed E-state index contributed by atoms with van der Waals surface area (Å²) in [6.45, 7) is 3.44. The van der Waals surface area contributed by atoms with Gasteiger partial charge in [0.2, 0.25) is 0 Å². The highest BCUT2D eigenvalue weighted by Gasteiger charge is 2.31. The molecule has 19 heavy (non-hydrogen) atoms. The van der Waals surface area contributed by atoms with Gasteiger partial charge in [0.1, 0.15) is 5.82 Å². The quantitative estimate of drug-likeness (QED) is 0.927. The van der Waals surface area contributed by atoms with Crippen LogP contribution in [0.3, 0.4) is 0 Å². The van der Waals surface area contributed by atoms with Gasteiger partial charge in [-0.2, -0.15) is 0 Å². The van der Waals surface area contributed by atoms with Crippen LogP contribution in [-0.4, -0.2) is 39.9 Å². The summed E-state index contributed by atoms with van der Waals surface area (Å²) in [6, 6.07) is 4.14. The maximum absolute atomic E-state index is 12.1. The Morgan fingerprint density at radius 3 is 2.89 bits per heavy atom. The van der Waals surface area contributed by atoms with Gasteiger partial charge in [-0.25, -0.2) is 4.98 Å². The number of hydrogen-bond acceptors (Lipinski definition) is 5. The molecular formula is C13H14N4OS. The summed E-state index contributed by atoms with van der Waals surface area (Å²) in [5, 5.41) is 3.26. The van der Waals surface area contributed by atoms with E-state index in [9.17, 15) is 4.79 Å². The topological polar surface area (TPSA) is 58.1 Å². The van der Waals surface area contributed by atoms with E-state index in [4.69, 9.17) is 0 Å². The Morgan fingerprint density at radius 2 is 2.26 bits per heavy atom. The maximum Gasteiger partial charge on any atom is 0.264 e. The molecule has 0 atom stereocenters. The van der Waals surface area contributed by atoms with E-state index in [2.05, 4.69) is 15.3 Å². The Bertz CT molecular complexity index is 577. The predicted octanol–water partition coefficient (Wildman–Crippen LogP) is 1.78. The molecule has 0 saturated carbocycles. The molecule has 0 aromatic carbocycles. The summed E-state index contributed by atoms with van der Waals surface area (Å²) in [5.41, 5.74) is 0. The van der Waals surface area contributed by atoms with Crippen LogP contribution in [-0.2, 0) is 0 Å². The van der Waals surface area contributed by atoms with E-state index in [1.165, 1.54) is 0 Å². The molecule has 0 bridgehead atoms. The molecule has 0 spiro atoms. The first kappa shape index (κ1) is 12.1. The van der Waals surface area contributed by atoms with Gasteiger partial charge >= 0.3 is 0 Å². The lowest BCUT2D eigenvalue weighted by atomic mass is 10.1. The van der Waals surface area contributed by atoms with Gasteiger partial charge in [-0.1, -0.05) is 0 Å². The van der Waals surface area contributed by atoms with E-state index in [1.807, 2.05) is 24.0 Å². The Hall–Kier alpha value is -1.95. The van der Waals surface area contributed by atoms with Crippen LogP contribution in [0.2, 0.25) is 0 Å². The number of thiophene rings is 1. The molecule has 3 heterocycles. The predicted molar refractivity (Wildman–Crippen MR) is 74.4 cm³/mol. The summed E-state index contributed by atoms with van der Waals surface area (Å²) < 4.78 is 0.